The van der Waals surface area contributed by atoms with Gasteiger partial charge in [0, 0.05) is 12.6 Å². The van der Waals surface area contributed by atoms with Crippen LogP contribution in [0.25, 0.3) is 0 Å². The largest absolute Gasteiger partial charge is 0.481 e. The lowest BCUT2D eigenvalue weighted by molar-refractivity contribution is 0.274. The molecule has 0 aliphatic rings. The van der Waals surface area contributed by atoms with E-state index < -0.39 is 0 Å². The van der Waals surface area contributed by atoms with Crippen molar-refractivity contribution in [1.82, 2.24) is 9.97 Å². The van der Waals surface area contributed by atoms with Crippen LogP contribution >= 0.6 is 0 Å². The summed E-state index contributed by atoms with van der Waals surface area (Å²) >= 11 is 0. The molecule has 1 aromatic heterocycles. The zero-order chi connectivity index (χ0) is 13.1. The molecular weight excluding hydrogens is 216 g/mol. The minimum Gasteiger partial charge on any atom is -0.481 e. The van der Waals surface area contributed by atoms with Crippen LogP contribution in [0.15, 0.2) is 6.07 Å². The maximum Gasteiger partial charge on any atom is 0.225 e. The van der Waals surface area contributed by atoms with Crippen molar-refractivity contribution >= 4 is 11.8 Å². The SMILES string of the molecule is COc1cc(NCC(C)C(C)(C)C)nc(N)n1. The molecule has 17 heavy (non-hydrogen) atoms. The molecule has 1 heterocycles. The van der Waals surface area contributed by atoms with E-state index in [1.807, 2.05) is 0 Å². The van der Waals surface area contributed by atoms with Gasteiger partial charge in [0.2, 0.25) is 11.8 Å². The molecule has 0 fully saturated rings. The molecule has 0 saturated heterocycles. The monoisotopic (exact) mass is 238 g/mol. The second-order valence-electron chi connectivity index (χ2n) is 5.30. The summed E-state index contributed by atoms with van der Waals surface area (Å²) in [4.78, 5) is 8.04. The molecular formula is C12H22N4O. The molecule has 5 heteroatoms. The van der Waals surface area contributed by atoms with E-state index in [0.717, 1.165) is 6.54 Å². The number of aromatic nitrogens is 2. The van der Waals surface area contributed by atoms with Crippen LogP contribution in [0, 0.1) is 11.3 Å². The van der Waals surface area contributed by atoms with Crippen LogP contribution in [-0.2, 0) is 0 Å². The molecule has 1 atom stereocenters. The van der Waals surface area contributed by atoms with Crippen LogP contribution in [0.2, 0.25) is 0 Å². The van der Waals surface area contributed by atoms with E-state index in [0.29, 0.717) is 17.6 Å². The molecule has 1 aromatic rings. The number of rotatable bonds is 4. The Balaban J connectivity index is 2.66. The molecule has 0 spiro atoms. The van der Waals surface area contributed by atoms with Crippen molar-refractivity contribution in [3.05, 3.63) is 6.07 Å². The van der Waals surface area contributed by atoms with Gasteiger partial charge in [-0.2, -0.15) is 9.97 Å². The van der Waals surface area contributed by atoms with Gasteiger partial charge in [0.15, 0.2) is 0 Å². The quantitative estimate of drug-likeness (QED) is 0.841. The van der Waals surface area contributed by atoms with E-state index in [-0.39, 0.29) is 11.4 Å². The highest BCUT2D eigenvalue weighted by Gasteiger charge is 2.19. The lowest BCUT2D eigenvalue weighted by Crippen LogP contribution is -2.25. The Kier molecular flexibility index (Phi) is 4.15. The van der Waals surface area contributed by atoms with E-state index in [9.17, 15) is 0 Å². The molecule has 0 radical (unpaired) electrons. The first-order chi connectivity index (χ1) is 7.82. The highest BCUT2D eigenvalue weighted by molar-refractivity contribution is 5.42. The molecule has 0 bridgehead atoms. The van der Waals surface area contributed by atoms with Gasteiger partial charge in [-0.15, -0.1) is 0 Å². The molecule has 0 saturated carbocycles. The highest BCUT2D eigenvalue weighted by atomic mass is 16.5. The van der Waals surface area contributed by atoms with Crippen molar-refractivity contribution in [2.24, 2.45) is 11.3 Å². The smallest absolute Gasteiger partial charge is 0.225 e. The topological polar surface area (TPSA) is 73.1 Å². The molecule has 0 aliphatic carbocycles. The minimum atomic E-state index is 0.218. The Bertz CT molecular complexity index is 373. The first-order valence-corrected chi connectivity index (χ1v) is 5.75. The zero-order valence-electron chi connectivity index (χ0n) is 11.2. The van der Waals surface area contributed by atoms with Crippen molar-refractivity contribution < 1.29 is 4.74 Å². The summed E-state index contributed by atoms with van der Waals surface area (Å²) < 4.78 is 5.04. The number of methoxy groups -OCH3 is 1. The second-order valence-corrected chi connectivity index (χ2v) is 5.30. The average Bonchev–Trinajstić information content (AvgIpc) is 2.23. The molecule has 3 N–H and O–H groups in total. The fourth-order valence-electron chi connectivity index (χ4n) is 1.20. The number of nitrogens with one attached hydrogen (secondary N) is 1. The van der Waals surface area contributed by atoms with E-state index >= 15 is 0 Å². The van der Waals surface area contributed by atoms with E-state index in [2.05, 4.69) is 43.0 Å². The summed E-state index contributed by atoms with van der Waals surface area (Å²) in [5.41, 5.74) is 5.84. The summed E-state index contributed by atoms with van der Waals surface area (Å²) in [6, 6.07) is 1.74. The Hall–Kier alpha value is -1.52. The highest BCUT2D eigenvalue weighted by Crippen LogP contribution is 2.25. The van der Waals surface area contributed by atoms with Crippen molar-refractivity contribution in [3.63, 3.8) is 0 Å². The van der Waals surface area contributed by atoms with Crippen LogP contribution in [0.3, 0.4) is 0 Å². The number of hydrogen-bond acceptors (Lipinski definition) is 5. The van der Waals surface area contributed by atoms with Gasteiger partial charge >= 0.3 is 0 Å². The molecule has 0 aliphatic heterocycles. The summed E-state index contributed by atoms with van der Waals surface area (Å²) in [5, 5.41) is 3.26. The van der Waals surface area contributed by atoms with Crippen LogP contribution in [-0.4, -0.2) is 23.6 Å². The third-order valence-corrected chi connectivity index (χ3v) is 3.00. The van der Waals surface area contributed by atoms with Gasteiger partial charge in [-0.05, 0) is 11.3 Å². The fraction of sp³-hybridized carbons (Fsp3) is 0.667. The third kappa shape index (κ3) is 4.09. The maximum atomic E-state index is 5.58. The van der Waals surface area contributed by atoms with Crippen molar-refractivity contribution in [2.45, 2.75) is 27.7 Å². The minimum absolute atomic E-state index is 0.218. The fourth-order valence-corrected chi connectivity index (χ4v) is 1.20. The van der Waals surface area contributed by atoms with Crippen molar-refractivity contribution in [3.8, 4) is 5.88 Å². The Morgan fingerprint density at radius 3 is 2.59 bits per heavy atom. The summed E-state index contributed by atoms with van der Waals surface area (Å²) in [5.74, 6) is 1.91. The Labute approximate surface area is 103 Å². The number of hydrogen-bond donors (Lipinski definition) is 2. The van der Waals surface area contributed by atoms with Gasteiger partial charge in [0.05, 0.1) is 7.11 Å². The van der Waals surface area contributed by atoms with Crippen LogP contribution in [0.5, 0.6) is 5.88 Å². The zero-order valence-corrected chi connectivity index (χ0v) is 11.2. The predicted octanol–water partition coefficient (Wildman–Crippen LogP) is 2.16. The van der Waals surface area contributed by atoms with E-state index in [4.69, 9.17) is 10.5 Å². The predicted molar refractivity (Wildman–Crippen MR) is 70.1 cm³/mol. The first-order valence-electron chi connectivity index (χ1n) is 5.75. The summed E-state index contributed by atoms with van der Waals surface area (Å²) in [7, 11) is 1.56. The van der Waals surface area contributed by atoms with Gasteiger partial charge < -0.3 is 15.8 Å². The van der Waals surface area contributed by atoms with Gasteiger partial charge in [-0.1, -0.05) is 27.7 Å². The molecule has 1 unspecified atom stereocenters. The molecule has 0 amide bonds. The lowest BCUT2D eigenvalue weighted by Gasteiger charge is -2.27. The van der Waals surface area contributed by atoms with E-state index in [1.165, 1.54) is 0 Å². The maximum absolute atomic E-state index is 5.58. The van der Waals surface area contributed by atoms with Crippen molar-refractivity contribution in [1.29, 1.82) is 0 Å². The summed E-state index contributed by atoms with van der Waals surface area (Å²) in [6.07, 6.45) is 0. The standard InChI is InChI=1S/C12H22N4O/c1-8(12(2,3)4)7-14-9-6-10(17-5)16-11(13)15-9/h6,8H,7H2,1-5H3,(H3,13,14,15,16). The van der Waals surface area contributed by atoms with Crippen LogP contribution in [0.4, 0.5) is 11.8 Å². The second kappa shape index (κ2) is 5.21. The number of anilines is 2. The molecule has 5 nitrogen and oxygen atoms in total. The lowest BCUT2D eigenvalue weighted by atomic mass is 9.82. The van der Waals surface area contributed by atoms with Gasteiger partial charge in [-0.25, -0.2) is 0 Å². The van der Waals surface area contributed by atoms with Gasteiger partial charge in [-0.3, -0.25) is 0 Å². The van der Waals surface area contributed by atoms with Crippen molar-refractivity contribution in [2.75, 3.05) is 24.7 Å². The summed E-state index contributed by atoms with van der Waals surface area (Å²) in [6.45, 7) is 9.69. The van der Waals surface area contributed by atoms with E-state index in [1.54, 1.807) is 13.2 Å². The number of nitrogen functional groups attached to an aromatic ring is 1. The third-order valence-electron chi connectivity index (χ3n) is 3.00. The van der Waals surface area contributed by atoms with Gasteiger partial charge in [0.1, 0.15) is 5.82 Å². The molecule has 96 valence electrons. The normalized spacial score (nSPS) is 13.2. The molecule has 1 rings (SSSR count). The number of nitrogens with zero attached hydrogens (tertiary/aromatic N) is 2. The first kappa shape index (κ1) is 13.5. The van der Waals surface area contributed by atoms with Crippen LogP contribution < -0.4 is 15.8 Å². The van der Waals surface area contributed by atoms with Gasteiger partial charge in [0.25, 0.3) is 0 Å². The van der Waals surface area contributed by atoms with Crippen LogP contribution in [0.1, 0.15) is 27.7 Å². The number of nitrogens with two attached hydrogens (primary N) is 1. The Morgan fingerprint density at radius 2 is 2.06 bits per heavy atom. The number of ether oxygens (including phenoxy) is 1. The Morgan fingerprint density at radius 1 is 1.41 bits per heavy atom. The average molecular weight is 238 g/mol. The molecule has 0 aromatic carbocycles.